The van der Waals surface area contributed by atoms with Crippen LogP contribution in [0.5, 0.6) is 11.5 Å². The van der Waals surface area contributed by atoms with Gasteiger partial charge in [0.15, 0.2) is 0 Å². The molecule has 142 valence electrons. The third-order valence-corrected chi connectivity index (χ3v) is 4.61. The molecule has 1 N–H and O–H groups in total. The van der Waals surface area contributed by atoms with Gasteiger partial charge in [-0.25, -0.2) is 0 Å². The van der Waals surface area contributed by atoms with Crippen molar-refractivity contribution in [2.24, 2.45) is 0 Å². The minimum Gasteiger partial charge on any atom is -0.497 e. The van der Waals surface area contributed by atoms with Gasteiger partial charge in [0.2, 0.25) is 5.91 Å². The molecule has 2 aromatic rings. The Hall–Kier alpha value is -2.79. The number of carbonyl (C=O) groups excluding carboxylic acids is 1. The maximum atomic E-state index is 12.6. The summed E-state index contributed by atoms with van der Waals surface area (Å²) in [5.74, 6) is 1.69. The number of rotatable bonds is 8. The van der Waals surface area contributed by atoms with Crippen LogP contribution in [0.3, 0.4) is 0 Å². The zero-order chi connectivity index (χ0) is 19.1. The van der Waals surface area contributed by atoms with Gasteiger partial charge in [0.1, 0.15) is 11.5 Å². The van der Waals surface area contributed by atoms with Crippen LogP contribution in [0.25, 0.3) is 0 Å². The number of fused-ring (bicyclic) bond motifs is 1. The smallest absolute Gasteiger partial charge is 0.234 e. The molecule has 5 nitrogen and oxygen atoms in total. The molecule has 0 spiro atoms. The lowest BCUT2D eigenvalue weighted by molar-refractivity contribution is -0.123. The highest BCUT2D eigenvalue weighted by atomic mass is 16.5. The largest absolute Gasteiger partial charge is 0.497 e. The normalized spacial score (nSPS) is 15.6. The van der Waals surface area contributed by atoms with Gasteiger partial charge in [-0.3, -0.25) is 9.69 Å². The average Bonchev–Trinajstić information content (AvgIpc) is 2.69. The summed E-state index contributed by atoms with van der Waals surface area (Å²) in [5, 5.41) is 3.15. The molecule has 1 unspecified atom stereocenters. The van der Waals surface area contributed by atoms with E-state index in [2.05, 4.69) is 16.8 Å². The molecule has 3 rings (SSSR count). The third kappa shape index (κ3) is 5.11. The van der Waals surface area contributed by atoms with E-state index >= 15 is 0 Å². The van der Waals surface area contributed by atoms with Gasteiger partial charge in [-0.1, -0.05) is 36.4 Å². The second-order valence-corrected chi connectivity index (χ2v) is 6.60. The molecule has 1 atom stereocenters. The van der Waals surface area contributed by atoms with E-state index in [1.54, 1.807) is 7.11 Å². The van der Waals surface area contributed by atoms with Crippen molar-refractivity contribution < 1.29 is 14.3 Å². The van der Waals surface area contributed by atoms with Crippen molar-refractivity contribution in [2.45, 2.75) is 19.0 Å². The summed E-state index contributed by atoms with van der Waals surface area (Å²) in [7, 11) is 1.65. The number of benzene rings is 2. The molecule has 27 heavy (non-hydrogen) atoms. The molecule has 0 aliphatic carbocycles. The summed E-state index contributed by atoms with van der Waals surface area (Å²) in [6, 6.07) is 15.8. The van der Waals surface area contributed by atoms with E-state index in [1.807, 2.05) is 54.6 Å². The predicted molar refractivity (Wildman–Crippen MR) is 106 cm³/mol. The van der Waals surface area contributed by atoms with Gasteiger partial charge >= 0.3 is 0 Å². The van der Waals surface area contributed by atoms with E-state index in [4.69, 9.17) is 9.47 Å². The number of methoxy groups -OCH3 is 1. The SMILES string of the molecule is C=CCN(CC(=O)NC1CCOc2ccccc21)Cc1ccc(OC)cc1. The molecule has 0 radical (unpaired) electrons. The highest BCUT2D eigenvalue weighted by Crippen LogP contribution is 2.31. The lowest BCUT2D eigenvalue weighted by atomic mass is 10.0. The first-order chi connectivity index (χ1) is 13.2. The van der Waals surface area contributed by atoms with E-state index in [-0.39, 0.29) is 11.9 Å². The van der Waals surface area contributed by atoms with Crippen LogP contribution < -0.4 is 14.8 Å². The predicted octanol–water partition coefficient (Wildman–Crippen LogP) is 3.32. The molecular formula is C22H26N2O3. The Kier molecular flexibility index (Phi) is 6.49. The van der Waals surface area contributed by atoms with Crippen molar-refractivity contribution >= 4 is 5.91 Å². The van der Waals surface area contributed by atoms with Crippen LogP contribution in [-0.4, -0.2) is 37.6 Å². The van der Waals surface area contributed by atoms with E-state index in [0.29, 0.717) is 26.2 Å². The molecule has 0 aromatic heterocycles. The molecule has 1 aliphatic rings. The summed E-state index contributed by atoms with van der Waals surface area (Å²) >= 11 is 0. The van der Waals surface area contributed by atoms with E-state index in [0.717, 1.165) is 29.0 Å². The van der Waals surface area contributed by atoms with E-state index in [9.17, 15) is 4.79 Å². The minimum atomic E-state index is -0.00554. The fourth-order valence-electron chi connectivity index (χ4n) is 3.29. The van der Waals surface area contributed by atoms with Crippen LogP contribution >= 0.6 is 0 Å². The summed E-state index contributed by atoms with van der Waals surface area (Å²) < 4.78 is 10.9. The quantitative estimate of drug-likeness (QED) is 0.728. The highest BCUT2D eigenvalue weighted by Gasteiger charge is 2.23. The van der Waals surface area contributed by atoms with Gasteiger partial charge in [0.25, 0.3) is 0 Å². The van der Waals surface area contributed by atoms with Crippen LogP contribution in [0.15, 0.2) is 61.2 Å². The van der Waals surface area contributed by atoms with Crippen LogP contribution in [0.4, 0.5) is 0 Å². The second-order valence-electron chi connectivity index (χ2n) is 6.60. The lowest BCUT2D eigenvalue weighted by Crippen LogP contribution is -2.40. The van der Waals surface area contributed by atoms with Gasteiger partial charge < -0.3 is 14.8 Å². The zero-order valence-corrected chi connectivity index (χ0v) is 15.7. The lowest BCUT2D eigenvalue weighted by Gasteiger charge is -2.28. The van der Waals surface area contributed by atoms with Crippen molar-refractivity contribution in [3.05, 3.63) is 72.3 Å². The number of ether oxygens (including phenoxy) is 2. The van der Waals surface area contributed by atoms with Gasteiger partial charge in [-0.2, -0.15) is 0 Å². The summed E-state index contributed by atoms with van der Waals surface area (Å²) in [6.07, 6.45) is 2.60. The van der Waals surface area contributed by atoms with E-state index in [1.165, 1.54) is 0 Å². The summed E-state index contributed by atoms with van der Waals surface area (Å²) in [4.78, 5) is 14.7. The summed E-state index contributed by atoms with van der Waals surface area (Å²) in [5.41, 5.74) is 2.17. The van der Waals surface area contributed by atoms with Crippen molar-refractivity contribution in [1.82, 2.24) is 10.2 Å². The molecule has 1 heterocycles. The Morgan fingerprint density at radius 2 is 2.07 bits per heavy atom. The average molecular weight is 366 g/mol. The fourth-order valence-corrected chi connectivity index (χ4v) is 3.29. The first kappa shape index (κ1) is 19.0. The van der Waals surface area contributed by atoms with Crippen LogP contribution in [0.2, 0.25) is 0 Å². The number of para-hydroxylation sites is 1. The number of nitrogens with one attached hydrogen (secondary N) is 1. The Bertz CT molecular complexity index is 773. The van der Waals surface area contributed by atoms with Crippen LogP contribution in [0, 0.1) is 0 Å². The molecule has 1 aliphatic heterocycles. The Morgan fingerprint density at radius 1 is 1.30 bits per heavy atom. The molecular weight excluding hydrogens is 340 g/mol. The molecule has 2 aromatic carbocycles. The number of carbonyl (C=O) groups is 1. The monoisotopic (exact) mass is 366 g/mol. The minimum absolute atomic E-state index is 0.00554. The van der Waals surface area contributed by atoms with Crippen LogP contribution in [-0.2, 0) is 11.3 Å². The third-order valence-electron chi connectivity index (χ3n) is 4.61. The van der Waals surface area contributed by atoms with Gasteiger partial charge in [-0.15, -0.1) is 6.58 Å². The number of hydrogen-bond donors (Lipinski definition) is 1. The van der Waals surface area contributed by atoms with E-state index < -0.39 is 0 Å². The highest BCUT2D eigenvalue weighted by molar-refractivity contribution is 5.78. The second kappa shape index (κ2) is 9.24. The van der Waals surface area contributed by atoms with Gasteiger partial charge in [-0.05, 0) is 23.8 Å². The molecule has 1 amide bonds. The molecule has 0 saturated heterocycles. The number of amides is 1. The molecule has 0 saturated carbocycles. The molecule has 0 fully saturated rings. The van der Waals surface area contributed by atoms with Gasteiger partial charge in [0, 0.05) is 25.1 Å². The van der Waals surface area contributed by atoms with Crippen molar-refractivity contribution in [2.75, 3.05) is 26.8 Å². The van der Waals surface area contributed by atoms with Crippen LogP contribution in [0.1, 0.15) is 23.6 Å². The molecule has 5 heteroatoms. The maximum absolute atomic E-state index is 12.6. The Labute approximate surface area is 160 Å². The van der Waals surface area contributed by atoms with Gasteiger partial charge in [0.05, 0.1) is 26.3 Å². The number of hydrogen-bond acceptors (Lipinski definition) is 4. The van der Waals surface area contributed by atoms with Crippen molar-refractivity contribution in [3.8, 4) is 11.5 Å². The van der Waals surface area contributed by atoms with Crippen molar-refractivity contribution in [3.63, 3.8) is 0 Å². The number of nitrogens with zero attached hydrogens (tertiary/aromatic N) is 1. The topological polar surface area (TPSA) is 50.8 Å². The fraction of sp³-hybridized carbons (Fsp3) is 0.318. The Balaban J connectivity index is 1.61. The maximum Gasteiger partial charge on any atom is 0.234 e. The summed E-state index contributed by atoms with van der Waals surface area (Å²) in [6.45, 7) is 6.06. The Morgan fingerprint density at radius 3 is 2.81 bits per heavy atom. The van der Waals surface area contributed by atoms with Crippen molar-refractivity contribution in [1.29, 1.82) is 0 Å². The standard InChI is InChI=1S/C22H26N2O3/c1-3-13-24(15-17-8-10-18(26-2)11-9-17)16-22(25)23-20-12-14-27-21-7-5-4-6-19(20)21/h3-11,20H,1,12-16H2,2H3,(H,23,25). The first-order valence-corrected chi connectivity index (χ1v) is 9.17. The zero-order valence-electron chi connectivity index (χ0n) is 15.7. The first-order valence-electron chi connectivity index (χ1n) is 9.17. The molecule has 0 bridgehead atoms.